The molecule has 0 spiro atoms. The van der Waals surface area contributed by atoms with E-state index in [1.54, 1.807) is 12.4 Å². The van der Waals surface area contributed by atoms with Gasteiger partial charge in [-0.3, -0.25) is 0 Å². The fourth-order valence-corrected chi connectivity index (χ4v) is 2.63. The Bertz CT molecular complexity index is 425. The van der Waals surface area contributed by atoms with Crippen LogP contribution in [0, 0.1) is 17.2 Å². The Labute approximate surface area is 101 Å². The van der Waals surface area contributed by atoms with Gasteiger partial charge in [0.15, 0.2) is 11.5 Å². The molecule has 1 aromatic rings. The molecule has 2 N–H and O–H groups in total. The standard InChI is InChI=1S/C12H17N5/c1-17(11-4-2-3-9(11)7-13)12-10(8-14)15-5-6-16-12/h5-6,9,11H,2-4,7,13H2,1H3. The molecule has 0 bridgehead atoms. The highest BCUT2D eigenvalue weighted by Crippen LogP contribution is 2.31. The number of hydrogen-bond donors (Lipinski definition) is 1. The van der Waals surface area contributed by atoms with Crippen molar-refractivity contribution in [3.8, 4) is 6.07 Å². The highest BCUT2D eigenvalue weighted by molar-refractivity contribution is 5.49. The average Bonchev–Trinajstić information content (AvgIpc) is 2.86. The molecule has 5 heteroatoms. The highest BCUT2D eigenvalue weighted by Gasteiger charge is 2.31. The summed E-state index contributed by atoms with van der Waals surface area (Å²) in [5.74, 6) is 1.16. The molecule has 0 amide bonds. The van der Waals surface area contributed by atoms with Crippen LogP contribution in [0.1, 0.15) is 25.0 Å². The third-order valence-corrected chi connectivity index (χ3v) is 3.54. The van der Waals surface area contributed by atoms with Crippen LogP contribution in [-0.4, -0.2) is 29.6 Å². The Morgan fingerprint density at radius 1 is 1.47 bits per heavy atom. The summed E-state index contributed by atoms with van der Waals surface area (Å²) in [6.45, 7) is 0.692. The van der Waals surface area contributed by atoms with E-state index in [4.69, 9.17) is 11.0 Å². The second-order valence-electron chi connectivity index (χ2n) is 4.45. The number of hydrogen-bond acceptors (Lipinski definition) is 5. The number of nitrogens with zero attached hydrogens (tertiary/aromatic N) is 4. The first-order chi connectivity index (χ1) is 8.27. The van der Waals surface area contributed by atoms with Crippen LogP contribution in [0.15, 0.2) is 12.4 Å². The second kappa shape index (κ2) is 5.11. The molecule has 1 aliphatic carbocycles. The molecule has 2 atom stereocenters. The summed E-state index contributed by atoms with van der Waals surface area (Å²) in [4.78, 5) is 10.4. The predicted octanol–water partition coefficient (Wildman–Crippen LogP) is 0.912. The Balaban J connectivity index is 2.25. The second-order valence-corrected chi connectivity index (χ2v) is 4.45. The maximum atomic E-state index is 9.03. The first-order valence-corrected chi connectivity index (χ1v) is 5.92. The van der Waals surface area contributed by atoms with Gasteiger partial charge in [-0.2, -0.15) is 5.26 Å². The lowest BCUT2D eigenvalue weighted by Gasteiger charge is -2.30. The lowest BCUT2D eigenvalue weighted by atomic mass is 10.0. The quantitative estimate of drug-likeness (QED) is 0.836. The molecule has 0 radical (unpaired) electrons. The summed E-state index contributed by atoms with van der Waals surface area (Å²) in [5.41, 5.74) is 6.17. The molecule has 1 saturated carbocycles. The molecule has 90 valence electrons. The number of nitrogens with two attached hydrogens (primary N) is 1. The molecular formula is C12H17N5. The summed E-state index contributed by atoms with van der Waals surface area (Å²) in [7, 11) is 1.98. The molecule has 17 heavy (non-hydrogen) atoms. The zero-order chi connectivity index (χ0) is 12.3. The molecule has 2 unspecified atom stereocenters. The lowest BCUT2D eigenvalue weighted by Crippen LogP contribution is -2.38. The molecule has 1 fully saturated rings. The minimum atomic E-state index is 0.379. The normalized spacial score (nSPS) is 23.4. The van der Waals surface area contributed by atoms with Gasteiger partial charge in [-0.05, 0) is 25.3 Å². The van der Waals surface area contributed by atoms with Gasteiger partial charge in [-0.1, -0.05) is 6.42 Å². The summed E-state index contributed by atoms with van der Waals surface area (Å²) in [6, 6.07) is 2.46. The number of nitriles is 1. The molecule has 0 aromatic carbocycles. The minimum Gasteiger partial charge on any atom is -0.354 e. The van der Waals surface area contributed by atoms with Gasteiger partial charge in [0.1, 0.15) is 6.07 Å². The van der Waals surface area contributed by atoms with Crippen molar-refractivity contribution in [2.45, 2.75) is 25.3 Å². The first-order valence-electron chi connectivity index (χ1n) is 5.92. The van der Waals surface area contributed by atoms with Crippen LogP contribution < -0.4 is 10.6 Å². The average molecular weight is 231 g/mol. The van der Waals surface area contributed by atoms with Gasteiger partial charge < -0.3 is 10.6 Å². The van der Waals surface area contributed by atoms with E-state index in [-0.39, 0.29) is 0 Å². The Hall–Kier alpha value is -1.67. The first kappa shape index (κ1) is 11.8. The van der Waals surface area contributed by atoms with Crippen LogP contribution in [0.3, 0.4) is 0 Å². The van der Waals surface area contributed by atoms with Gasteiger partial charge in [0.05, 0.1) is 0 Å². The van der Waals surface area contributed by atoms with Crippen molar-refractivity contribution in [1.82, 2.24) is 9.97 Å². The molecule has 1 aromatic heterocycles. The van der Waals surface area contributed by atoms with E-state index in [0.717, 1.165) is 12.8 Å². The number of rotatable bonds is 3. The van der Waals surface area contributed by atoms with Crippen LogP contribution in [0.5, 0.6) is 0 Å². The van der Waals surface area contributed by atoms with Crippen molar-refractivity contribution < 1.29 is 0 Å². The van der Waals surface area contributed by atoms with Crippen LogP contribution in [0.2, 0.25) is 0 Å². The molecule has 2 rings (SSSR count). The molecule has 1 heterocycles. The fourth-order valence-electron chi connectivity index (χ4n) is 2.63. The Morgan fingerprint density at radius 3 is 2.94 bits per heavy atom. The van der Waals surface area contributed by atoms with Crippen molar-refractivity contribution in [2.24, 2.45) is 11.7 Å². The van der Waals surface area contributed by atoms with Gasteiger partial charge in [-0.15, -0.1) is 0 Å². The van der Waals surface area contributed by atoms with E-state index in [1.165, 1.54) is 6.42 Å². The van der Waals surface area contributed by atoms with Gasteiger partial charge in [0.25, 0.3) is 0 Å². The minimum absolute atomic E-state index is 0.379. The summed E-state index contributed by atoms with van der Waals surface area (Å²) >= 11 is 0. The topological polar surface area (TPSA) is 78.8 Å². The molecule has 0 aliphatic heterocycles. The summed E-state index contributed by atoms with van der Waals surface area (Å²) in [6.07, 6.45) is 6.64. The van der Waals surface area contributed by atoms with Crippen molar-refractivity contribution >= 4 is 5.82 Å². The van der Waals surface area contributed by atoms with Crippen molar-refractivity contribution in [3.63, 3.8) is 0 Å². The number of aromatic nitrogens is 2. The smallest absolute Gasteiger partial charge is 0.183 e. The monoisotopic (exact) mass is 231 g/mol. The fraction of sp³-hybridized carbons (Fsp3) is 0.583. The van der Waals surface area contributed by atoms with E-state index in [9.17, 15) is 0 Å². The zero-order valence-corrected chi connectivity index (χ0v) is 10.0. The van der Waals surface area contributed by atoms with Gasteiger partial charge in [0, 0.05) is 25.5 Å². The largest absolute Gasteiger partial charge is 0.354 e. The van der Waals surface area contributed by atoms with Gasteiger partial charge >= 0.3 is 0 Å². The third-order valence-electron chi connectivity index (χ3n) is 3.54. The maximum absolute atomic E-state index is 9.03. The summed E-state index contributed by atoms with van der Waals surface area (Å²) in [5, 5.41) is 9.03. The molecule has 0 saturated heterocycles. The molecular weight excluding hydrogens is 214 g/mol. The van der Waals surface area contributed by atoms with Crippen LogP contribution in [-0.2, 0) is 0 Å². The van der Waals surface area contributed by atoms with Crippen molar-refractivity contribution in [1.29, 1.82) is 5.26 Å². The van der Waals surface area contributed by atoms with Crippen LogP contribution in [0.25, 0.3) is 0 Å². The van der Waals surface area contributed by atoms with Gasteiger partial charge in [0.2, 0.25) is 0 Å². The maximum Gasteiger partial charge on any atom is 0.183 e. The molecule has 5 nitrogen and oxygen atoms in total. The van der Waals surface area contributed by atoms with Crippen LogP contribution in [0.4, 0.5) is 5.82 Å². The zero-order valence-electron chi connectivity index (χ0n) is 10.0. The van der Waals surface area contributed by atoms with Crippen molar-refractivity contribution in [2.75, 3.05) is 18.5 Å². The Kier molecular flexibility index (Phi) is 3.55. The third kappa shape index (κ3) is 2.22. The van der Waals surface area contributed by atoms with E-state index in [0.29, 0.717) is 30.0 Å². The van der Waals surface area contributed by atoms with Crippen molar-refractivity contribution in [3.05, 3.63) is 18.1 Å². The molecule has 1 aliphatic rings. The van der Waals surface area contributed by atoms with E-state index >= 15 is 0 Å². The Morgan fingerprint density at radius 2 is 2.24 bits per heavy atom. The van der Waals surface area contributed by atoms with Crippen LogP contribution >= 0.6 is 0 Å². The highest BCUT2D eigenvalue weighted by atomic mass is 15.2. The number of anilines is 1. The van der Waals surface area contributed by atoms with E-state index < -0.39 is 0 Å². The predicted molar refractivity (Wildman–Crippen MR) is 65.3 cm³/mol. The van der Waals surface area contributed by atoms with E-state index in [2.05, 4.69) is 20.9 Å². The SMILES string of the molecule is CN(c1nccnc1C#N)C1CCCC1CN. The van der Waals surface area contributed by atoms with Gasteiger partial charge in [-0.25, -0.2) is 9.97 Å². The van der Waals surface area contributed by atoms with E-state index in [1.807, 2.05) is 7.05 Å². The summed E-state index contributed by atoms with van der Waals surface area (Å²) < 4.78 is 0. The lowest BCUT2D eigenvalue weighted by molar-refractivity contribution is 0.471.